The van der Waals surface area contributed by atoms with Gasteiger partial charge in [0.1, 0.15) is 10.2 Å². The fourth-order valence-electron chi connectivity index (χ4n) is 1.33. The smallest absolute Gasteiger partial charge is 0.339 e. The number of carboxylic acid groups (broad SMARTS) is 1. The van der Waals surface area contributed by atoms with Crippen LogP contribution in [0.4, 0.5) is 11.5 Å². The van der Waals surface area contributed by atoms with Gasteiger partial charge in [-0.25, -0.2) is 4.79 Å². The lowest BCUT2D eigenvalue weighted by atomic mass is 10.2. The standard InChI is InChI=1S/C11H8ClN3O2S/c12-6-1-3-7(4-2-6)13-10-8(11(16)17)5-9(18)14-15-10/h1-5H,(H,13,15)(H,14,18)(H,16,17). The van der Waals surface area contributed by atoms with Gasteiger partial charge in [-0.3, -0.25) is 5.10 Å². The van der Waals surface area contributed by atoms with Crippen LogP contribution < -0.4 is 5.32 Å². The van der Waals surface area contributed by atoms with E-state index in [2.05, 4.69) is 15.5 Å². The largest absolute Gasteiger partial charge is 0.478 e. The van der Waals surface area contributed by atoms with Crippen LogP contribution in [-0.2, 0) is 0 Å². The van der Waals surface area contributed by atoms with E-state index in [4.69, 9.17) is 28.9 Å². The Hall–Kier alpha value is -1.92. The minimum absolute atomic E-state index is 0.00806. The molecule has 0 amide bonds. The summed E-state index contributed by atoms with van der Waals surface area (Å²) >= 11 is 10.6. The number of benzene rings is 1. The predicted molar refractivity (Wildman–Crippen MR) is 71.1 cm³/mol. The summed E-state index contributed by atoms with van der Waals surface area (Å²) in [5.41, 5.74) is 0.689. The second kappa shape index (κ2) is 5.16. The van der Waals surface area contributed by atoms with Crippen molar-refractivity contribution in [2.75, 3.05) is 5.32 Å². The number of hydrogen-bond donors (Lipinski definition) is 3. The first kappa shape index (κ1) is 12.5. The molecule has 2 rings (SSSR count). The Kier molecular flexibility index (Phi) is 3.59. The summed E-state index contributed by atoms with van der Waals surface area (Å²) < 4.78 is 0.258. The van der Waals surface area contributed by atoms with Crippen LogP contribution in [0.15, 0.2) is 30.3 Å². The third-order valence-corrected chi connectivity index (χ3v) is 2.61. The number of rotatable bonds is 3. The van der Waals surface area contributed by atoms with E-state index in [9.17, 15) is 4.79 Å². The first-order valence-corrected chi connectivity index (χ1v) is 5.70. The lowest BCUT2D eigenvalue weighted by Gasteiger charge is -2.07. The van der Waals surface area contributed by atoms with Gasteiger partial charge in [-0.2, -0.15) is 5.10 Å². The fourth-order valence-corrected chi connectivity index (χ4v) is 1.62. The number of nitrogens with one attached hydrogen (secondary N) is 2. The molecule has 18 heavy (non-hydrogen) atoms. The molecule has 0 aliphatic carbocycles. The molecule has 0 spiro atoms. The second-order valence-corrected chi connectivity index (χ2v) is 4.31. The van der Waals surface area contributed by atoms with E-state index in [1.165, 1.54) is 6.07 Å². The van der Waals surface area contributed by atoms with Gasteiger partial charge in [0.25, 0.3) is 0 Å². The average molecular weight is 282 g/mol. The first-order valence-electron chi connectivity index (χ1n) is 4.92. The van der Waals surface area contributed by atoms with Crippen molar-refractivity contribution in [3.05, 3.63) is 45.6 Å². The molecule has 1 heterocycles. The van der Waals surface area contributed by atoms with Gasteiger partial charge in [0.05, 0.1) is 0 Å². The molecule has 0 unspecified atom stereocenters. The zero-order chi connectivity index (χ0) is 13.1. The third kappa shape index (κ3) is 2.85. The number of nitrogens with zero attached hydrogens (tertiary/aromatic N) is 1. The number of carbonyl (C=O) groups is 1. The Morgan fingerprint density at radius 2 is 2.06 bits per heavy atom. The van der Waals surface area contributed by atoms with E-state index < -0.39 is 5.97 Å². The molecule has 0 saturated carbocycles. The molecule has 1 aromatic heterocycles. The van der Waals surface area contributed by atoms with Gasteiger partial charge in [-0.1, -0.05) is 23.8 Å². The highest BCUT2D eigenvalue weighted by atomic mass is 35.5. The summed E-state index contributed by atoms with van der Waals surface area (Å²) in [4.78, 5) is 11.1. The lowest BCUT2D eigenvalue weighted by Crippen LogP contribution is -2.06. The Morgan fingerprint density at radius 3 is 2.67 bits per heavy atom. The Morgan fingerprint density at radius 1 is 1.39 bits per heavy atom. The second-order valence-electron chi connectivity index (χ2n) is 3.43. The van der Waals surface area contributed by atoms with Crippen LogP contribution in [0.3, 0.4) is 0 Å². The number of H-pyrrole nitrogens is 1. The molecule has 0 aliphatic heterocycles. The first-order chi connectivity index (χ1) is 8.56. The SMILES string of the molecule is O=C(O)c1cc(=S)[nH]nc1Nc1ccc(Cl)cc1. The summed E-state index contributed by atoms with van der Waals surface area (Å²) in [6.07, 6.45) is 0. The molecule has 5 nitrogen and oxygen atoms in total. The van der Waals surface area contributed by atoms with Gasteiger partial charge in [0, 0.05) is 10.7 Å². The maximum Gasteiger partial charge on any atom is 0.339 e. The van der Waals surface area contributed by atoms with Crippen molar-refractivity contribution < 1.29 is 9.90 Å². The van der Waals surface area contributed by atoms with Crippen molar-refractivity contribution in [1.29, 1.82) is 0 Å². The van der Waals surface area contributed by atoms with Crippen molar-refractivity contribution in [2.45, 2.75) is 0 Å². The van der Waals surface area contributed by atoms with Crippen molar-refractivity contribution in [2.24, 2.45) is 0 Å². The fraction of sp³-hybridized carbons (Fsp3) is 0. The summed E-state index contributed by atoms with van der Waals surface area (Å²) in [5, 5.41) is 18.9. The molecule has 3 N–H and O–H groups in total. The molecular weight excluding hydrogens is 274 g/mol. The van der Waals surface area contributed by atoms with E-state index in [0.29, 0.717) is 10.7 Å². The molecule has 0 atom stereocenters. The van der Waals surface area contributed by atoms with E-state index >= 15 is 0 Å². The zero-order valence-electron chi connectivity index (χ0n) is 8.98. The predicted octanol–water partition coefficient (Wildman–Crippen LogP) is 3.23. The number of hydrogen-bond acceptors (Lipinski definition) is 4. The molecule has 0 fully saturated rings. The Balaban J connectivity index is 2.37. The normalized spacial score (nSPS) is 10.1. The van der Waals surface area contributed by atoms with Crippen LogP contribution in [0.1, 0.15) is 10.4 Å². The average Bonchev–Trinajstić information content (AvgIpc) is 2.34. The minimum atomic E-state index is -1.10. The molecule has 92 valence electrons. The van der Waals surface area contributed by atoms with Gasteiger partial charge in [0.2, 0.25) is 0 Å². The lowest BCUT2D eigenvalue weighted by molar-refractivity contribution is 0.0697. The number of aromatic carboxylic acids is 1. The van der Waals surface area contributed by atoms with E-state index in [0.717, 1.165) is 0 Å². The topological polar surface area (TPSA) is 78.0 Å². The van der Waals surface area contributed by atoms with Crippen LogP contribution in [0, 0.1) is 4.64 Å². The molecule has 0 bridgehead atoms. The quantitative estimate of drug-likeness (QED) is 0.753. The maximum atomic E-state index is 11.1. The molecule has 7 heteroatoms. The number of aromatic nitrogens is 2. The van der Waals surface area contributed by atoms with Gasteiger partial charge < -0.3 is 10.4 Å². The highest BCUT2D eigenvalue weighted by Crippen LogP contribution is 2.19. The van der Waals surface area contributed by atoms with Gasteiger partial charge >= 0.3 is 5.97 Å². The molecule has 0 radical (unpaired) electrons. The van der Waals surface area contributed by atoms with Crippen molar-refractivity contribution in [3.63, 3.8) is 0 Å². The third-order valence-electron chi connectivity index (χ3n) is 2.15. The molecule has 2 aromatic rings. The van der Waals surface area contributed by atoms with Crippen molar-refractivity contribution >= 4 is 41.3 Å². The molecule has 0 saturated heterocycles. The molecule has 1 aromatic carbocycles. The summed E-state index contributed by atoms with van der Waals surface area (Å²) in [7, 11) is 0. The van der Waals surface area contributed by atoms with Gasteiger partial charge in [-0.15, -0.1) is 0 Å². The van der Waals surface area contributed by atoms with Crippen LogP contribution >= 0.6 is 23.8 Å². The van der Waals surface area contributed by atoms with Crippen LogP contribution in [0.5, 0.6) is 0 Å². The van der Waals surface area contributed by atoms with E-state index in [-0.39, 0.29) is 16.0 Å². The van der Waals surface area contributed by atoms with Crippen molar-refractivity contribution in [1.82, 2.24) is 10.2 Å². The summed E-state index contributed by atoms with van der Waals surface area (Å²) in [6.45, 7) is 0. The van der Waals surface area contributed by atoms with Gasteiger partial charge in [0.15, 0.2) is 5.82 Å². The minimum Gasteiger partial charge on any atom is -0.478 e. The zero-order valence-corrected chi connectivity index (χ0v) is 10.5. The van der Waals surface area contributed by atoms with Crippen LogP contribution in [-0.4, -0.2) is 21.3 Å². The Bertz CT molecular complexity index is 639. The monoisotopic (exact) mass is 281 g/mol. The van der Waals surface area contributed by atoms with E-state index in [1.807, 2.05) is 0 Å². The highest BCUT2D eigenvalue weighted by Gasteiger charge is 2.11. The van der Waals surface area contributed by atoms with Crippen LogP contribution in [0.25, 0.3) is 0 Å². The van der Waals surface area contributed by atoms with Crippen LogP contribution in [0.2, 0.25) is 5.02 Å². The maximum absolute atomic E-state index is 11.1. The number of aromatic amines is 1. The number of halogens is 1. The summed E-state index contributed by atoms with van der Waals surface area (Å²) in [6, 6.07) is 8.16. The van der Waals surface area contributed by atoms with Crippen molar-refractivity contribution in [3.8, 4) is 0 Å². The molecular formula is C11H8ClN3O2S. The van der Waals surface area contributed by atoms with Gasteiger partial charge in [-0.05, 0) is 30.3 Å². The molecule has 0 aliphatic rings. The number of anilines is 2. The summed E-state index contributed by atoms with van der Waals surface area (Å²) in [5.74, 6) is -0.905. The Labute approximate surface area is 112 Å². The highest BCUT2D eigenvalue weighted by molar-refractivity contribution is 7.71. The number of carboxylic acids is 1. The van der Waals surface area contributed by atoms with E-state index in [1.54, 1.807) is 24.3 Å².